The van der Waals surface area contributed by atoms with E-state index in [1.807, 2.05) is 25.1 Å². The summed E-state index contributed by atoms with van der Waals surface area (Å²) in [6.45, 7) is 3.66. The van der Waals surface area contributed by atoms with Crippen LogP contribution in [0.1, 0.15) is 35.2 Å². The third-order valence-corrected chi connectivity index (χ3v) is 3.24. The summed E-state index contributed by atoms with van der Waals surface area (Å²) in [5.41, 5.74) is 6.55. The standard InChI is InChI=1S/C16H21N3O2/c1-2-14-6-7-15(21-14)16(20)19(10-4-8-17)12-13-5-3-9-18-11-13/h3,5-7,9,11H,2,4,8,10,12,17H2,1H3. The van der Waals surface area contributed by atoms with Crippen LogP contribution >= 0.6 is 0 Å². The molecule has 5 nitrogen and oxygen atoms in total. The fraction of sp³-hybridized carbons (Fsp3) is 0.375. The second kappa shape index (κ2) is 7.59. The van der Waals surface area contributed by atoms with Crippen LogP contribution in [0.2, 0.25) is 0 Å². The highest BCUT2D eigenvalue weighted by atomic mass is 16.4. The Balaban J connectivity index is 2.12. The maximum atomic E-state index is 12.6. The molecule has 0 aliphatic heterocycles. The predicted molar refractivity (Wildman–Crippen MR) is 80.7 cm³/mol. The number of aromatic nitrogens is 1. The zero-order valence-electron chi connectivity index (χ0n) is 12.3. The van der Waals surface area contributed by atoms with Crippen LogP contribution in [0.4, 0.5) is 0 Å². The lowest BCUT2D eigenvalue weighted by molar-refractivity contribution is 0.0708. The largest absolute Gasteiger partial charge is 0.456 e. The van der Waals surface area contributed by atoms with Crippen molar-refractivity contribution in [3.63, 3.8) is 0 Å². The van der Waals surface area contributed by atoms with Crippen molar-refractivity contribution in [2.45, 2.75) is 26.3 Å². The van der Waals surface area contributed by atoms with Crippen molar-refractivity contribution in [3.8, 4) is 0 Å². The molecule has 0 saturated heterocycles. The minimum atomic E-state index is -0.105. The monoisotopic (exact) mass is 287 g/mol. The fourth-order valence-electron chi connectivity index (χ4n) is 2.09. The van der Waals surface area contributed by atoms with Gasteiger partial charge in [0.2, 0.25) is 0 Å². The van der Waals surface area contributed by atoms with E-state index in [1.165, 1.54) is 0 Å². The molecule has 1 amide bonds. The Kier molecular flexibility index (Phi) is 5.51. The fourth-order valence-corrected chi connectivity index (χ4v) is 2.09. The molecule has 0 unspecified atom stereocenters. The smallest absolute Gasteiger partial charge is 0.289 e. The Bertz CT molecular complexity index is 566. The molecule has 112 valence electrons. The Labute approximate surface area is 124 Å². The number of nitrogens with zero attached hydrogens (tertiary/aromatic N) is 2. The van der Waals surface area contributed by atoms with Crippen molar-refractivity contribution in [3.05, 3.63) is 53.7 Å². The molecular formula is C16H21N3O2. The predicted octanol–water partition coefficient (Wildman–Crippen LogP) is 2.23. The number of hydrogen-bond acceptors (Lipinski definition) is 4. The molecule has 0 aromatic carbocycles. The molecule has 2 heterocycles. The number of rotatable bonds is 7. The number of carbonyl (C=O) groups is 1. The summed E-state index contributed by atoms with van der Waals surface area (Å²) in [4.78, 5) is 18.4. The van der Waals surface area contributed by atoms with Crippen molar-refractivity contribution in [2.75, 3.05) is 13.1 Å². The van der Waals surface area contributed by atoms with Crippen molar-refractivity contribution in [2.24, 2.45) is 5.73 Å². The first-order valence-electron chi connectivity index (χ1n) is 7.21. The topological polar surface area (TPSA) is 72.4 Å². The molecule has 0 aliphatic rings. The summed E-state index contributed by atoms with van der Waals surface area (Å²) in [6.07, 6.45) is 5.02. The van der Waals surface area contributed by atoms with Crippen LogP contribution in [0.15, 0.2) is 41.1 Å². The SMILES string of the molecule is CCc1ccc(C(=O)N(CCCN)Cc2cccnc2)o1. The number of nitrogens with two attached hydrogens (primary N) is 1. The Hall–Kier alpha value is -2.14. The van der Waals surface area contributed by atoms with Gasteiger partial charge < -0.3 is 15.1 Å². The van der Waals surface area contributed by atoms with Crippen LogP contribution in [0, 0.1) is 0 Å². The Morgan fingerprint density at radius 3 is 2.86 bits per heavy atom. The molecule has 0 atom stereocenters. The molecule has 0 aliphatic carbocycles. The average Bonchev–Trinajstić information content (AvgIpc) is 3.00. The van der Waals surface area contributed by atoms with E-state index in [0.717, 1.165) is 24.2 Å². The second-order valence-corrected chi connectivity index (χ2v) is 4.85. The number of hydrogen-bond donors (Lipinski definition) is 1. The van der Waals surface area contributed by atoms with Crippen LogP contribution in [-0.2, 0) is 13.0 Å². The lowest BCUT2D eigenvalue weighted by Crippen LogP contribution is -2.32. The highest BCUT2D eigenvalue weighted by Crippen LogP contribution is 2.14. The van der Waals surface area contributed by atoms with Gasteiger partial charge in [0.25, 0.3) is 5.91 Å². The van der Waals surface area contributed by atoms with Gasteiger partial charge >= 0.3 is 0 Å². The third kappa shape index (κ3) is 4.16. The lowest BCUT2D eigenvalue weighted by atomic mass is 10.2. The first-order valence-corrected chi connectivity index (χ1v) is 7.21. The minimum absolute atomic E-state index is 0.105. The van der Waals surface area contributed by atoms with Crippen molar-refractivity contribution < 1.29 is 9.21 Å². The quantitative estimate of drug-likeness (QED) is 0.847. The lowest BCUT2D eigenvalue weighted by Gasteiger charge is -2.21. The molecule has 2 aromatic rings. The molecule has 0 radical (unpaired) electrons. The van der Waals surface area contributed by atoms with Crippen molar-refractivity contribution in [1.29, 1.82) is 0 Å². The van der Waals surface area contributed by atoms with Crippen LogP contribution in [0.3, 0.4) is 0 Å². The number of amides is 1. The maximum absolute atomic E-state index is 12.6. The van der Waals surface area contributed by atoms with Gasteiger partial charge in [-0.25, -0.2) is 0 Å². The summed E-state index contributed by atoms with van der Waals surface area (Å²) >= 11 is 0. The first kappa shape index (κ1) is 15.3. The first-order chi connectivity index (χ1) is 10.2. The van der Waals surface area contributed by atoms with Gasteiger partial charge in [-0.15, -0.1) is 0 Å². The summed E-state index contributed by atoms with van der Waals surface area (Å²) < 4.78 is 5.56. The highest BCUT2D eigenvalue weighted by Gasteiger charge is 2.19. The number of pyridine rings is 1. The minimum Gasteiger partial charge on any atom is -0.456 e. The zero-order chi connectivity index (χ0) is 15.1. The number of carbonyl (C=O) groups excluding carboxylic acids is 1. The van der Waals surface area contributed by atoms with E-state index in [0.29, 0.717) is 25.4 Å². The normalized spacial score (nSPS) is 10.6. The molecule has 0 saturated carbocycles. The third-order valence-electron chi connectivity index (χ3n) is 3.24. The maximum Gasteiger partial charge on any atom is 0.289 e. The van der Waals surface area contributed by atoms with E-state index < -0.39 is 0 Å². The van der Waals surface area contributed by atoms with Gasteiger partial charge in [-0.2, -0.15) is 0 Å². The molecular weight excluding hydrogens is 266 g/mol. The summed E-state index contributed by atoms with van der Waals surface area (Å²) in [5.74, 6) is 1.10. The van der Waals surface area contributed by atoms with Gasteiger partial charge in [-0.1, -0.05) is 13.0 Å². The van der Waals surface area contributed by atoms with Gasteiger partial charge in [-0.05, 0) is 36.7 Å². The molecule has 5 heteroatoms. The van der Waals surface area contributed by atoms with Crippen LogP contribution in [-0.4, -0.2) is 28.9 Å². The summed E-state index contributed by atoms with van der Waals surface area (Å²) in [5, 5.41) is 0. The zero-order valence-corrected chi connectivity index (χ0v) is 12.3. The Morgan fingerprint density at radius 1 is 1.38 bits per heavy atom. The van der Waals surface area contributed by atoms with E-state index in [1.54, 1.807) is 23.4 Å². The van der Waals surface area contributed by atoms with E-state index in [2.05, 4.69) is 4.98 Å². The van der Waals surface area contributed by atoms with Gasteiger partial charge in [0.1, 0.15) is 5.76 Å². The molecule has 21 heavy (non-hydrogen) atoms. The highest BCUT2D eigenvalue weighted by molar-refractivity contribution is 5.91. The molecule has 2 aromatic heterocycles. The van der Waals surface area contributed by atoms with Gasteiger partial charge in [0.15, 0.2) is 5.76 Å². The number of aryl methyl sites for hydroxylation is 1. The molecule has 0 fully saturated rings. The van der Waals surface area contributed by atoms with E-state index >= 15 is 0 Å². The second-order valence-electron chi connectivity index (χ2n) is 4.85. The molecule has 0 bridgehead atoms. The van der Waals surface area contributed by atoms with Gasteiger partial charge in [-0.3, -0.25) is 9.78 Å². The number of furan rings is 1. The van der Waals surface area contributed by atoms with Gasteiger partial charge in [0, 0.05) is 31.9 Å². The summed E-state index contributed by atoms with van der Waals surface area (Å²) in [6, 6.07) is 7.40. The van der Waals surface area contributed by atoms with Crippen molar-refractivity contribution >= 4 is 5.91 Å². The van der Waals surface area contributed by atoms with Crippen molar-refractivity contribution in [1.82, 2.24) is 9.88 Å². The van der Waals surface area contributed by atoms with Crippen LogP contribution < -0.4 is 5.73 Å². The molecule has 2 rings (SSSR count). The van der Waals surface area contributed by atoms with E-state index in [9.17, 15) is 4.79 Å². The van der Waals surface area contributed by atoms with E-state index in [4.69, 9.17) is 10.2 Å². The van der Waals surface area contributed by atoms with Crippen LogP contribution in [0.5, 0.6) is 0 Å². The summed E-state index contributed by atoms with van der Waals surface area (Å²) in [7, 11) is 0. The average molecular weight is 287 g/mol. The Morgan fingerprint density at radius 2 is 2.24 bits per heavy atom. The van der Waals surface area contributed by atoms with E-state index in [-0.39, 0.29) is 5.91 Å². The molecule has 2 N–H and O–H groups in total. The van der Waals surface area contributed by atoms with Gasteiger partial charge in [0.05, 0.1) is 0 Å². The molecule has 0 spiro atoms. The van der Waals surface area contributed by atoms with Crippen LogP contribution in [0.25, 0.3) is 0 Å².